The molecular weight excluding hydrogens is 302 g/mol. The fourth-order valence-electron chi connectivity index (χ4n) is 3.38. The molecule has 4 rings (SSSR count). The van der Waals surface area contributed by atoms with Crippen LogP contribution in [-0.4, -0.2) is 22.2 Å². The van der Waals surface area contributed by atoms with Gasteiger partial charge in [-0.1, -0.05) is 48.5 Å². The normalized spacial score (nSPS) is 19.2. The summed E-state index contributed by atoms with van der Waals surface area (Å²) in [7, 11) is 0. The van der Waals surface area contributed by atoms with E-state index in [1.165, 1.54) is 6.07 Å². The third kappa shape index (κ3) is 2.41. The van der Waals surface area contributed by atoms with E-state index in [-0.39, 0.29) is 17.7 Å². The Kier molecular flexibility index (Phi) is 3.47. The Bertz CT molecular complexity index is 935. The monoisotopic (exact) mass is 319 g/mol. The molecule has 0 aromatic heterocycles. The third-order valence-electron chi connectivity index (χ3n) is 4.61. The van der Waals surface area contributed by atoms with E-state index in [2.05, 4.69) is 5.32 Å². The number of hydrogen-bond donors (Lipinski definition) is 3. The van der Waals surface area contributed by atoms with Crippen LogP contribution >= 0.6 is 0 Å². The quantitative estimate of drug-likeness (QED) is 0.680. The summed E-state index contributed by atoms with van der Waals surface area (Å²) in [5.41, 5.74) is 2.30. The first-order valence-corrected chi connectivity index (χ1v) is 7.92. The van der Waals surface area contributed by atoms with Gasteiger partial charge in [-0.25, -0.2) is 0 Å². The topological polar surface area (TPSA) is 69.6 Å². The smallest absolute Gasteiger partial charge is 0.251 e. The van der Waals surface area contributed by atoms with Crippen molar-refractivity contribution in [3.8, 4) is 5.75 Å². The maximum absolute atomic E-state index is 12.6. The first kappa shape index (κ1) is 14.7. The zero-order chi connectivity index (χ0) is 16.7. The summed E-state index contributed by atoms with van der Waals surface area (Å²) >= 11 is 0. The summed E-state index contributed by atoms with van der Waals surface area (Å²) in [5.74, 6) is -0.221. The van der Waals surface area contributed by atoms with E-state index in [0.29, 0.717) is 17.4 Å². The highest BCUT2D eigenvalue weighted by atomic mass is 16.3. The average molecular weight is 319 g/mol. The average Bonchev–Trinajstić information content (AvgIpc) is 2.91. The molecule has 3 aromatic rings. The first-order valence-electron chi connectivity index (χ1n) is 7.92. The van der Waals surface area contributed by atoms with Gasteiger partial charge in [-0.3, -0.25) is 4.79 Å². The van der Waals surface area contributed by atoms with E-state index in [1.54, 1.807) is 6.07 Å². The lowest BCUT2D eigenvalue weighted by atomic mass is 10.0. The highest BCUT2D eigenvalue weighted by Crippen LogP contribution is 2.32. The van der Waals surface area contributed by atoms with Gasteiger partial charge in [0, 0.05) is 10.9 Å². The molecule has 24 heavy (non-hydrogen) atoms. The van der Waals surface area contributed by atoms with Gasteiger partial charge in [-0.05, 0) is 35.1 Å². The van der Waals surface area contributed by atoms with Gasteiger partial charge in [0.05, 0.1) is 12.1 Å². The molecule has 4 heteroatoms. The number of rotatable bonds is 2. The number of amides is 1. The number of fused-ring (bicyclic) bond motifs is 2. The van der Waals surface area contributed by atoms with Crippen LogP contribution in [0.4, 0.5) is 0 Å². The molecule has 1 aliphatic rings. The zero-order valence-corrected chi connectivity index (χ0v) is 12.9. The van der Waals surface area contributed by atoms with Gasteiger partial charge in [-0.15, -0.1) is 0 Å². The Labute approximate surface area is 139 Å². The number of phenols is 1. The van der Waals surface area contributed by atoms with Crippen molar-refractivity contribution in [1.82, 2.24) is 5.32 Å². The lowest BCUT2D eigenvalue weighted by molar-refractivity contribution is 0.0858. The van der Waals surface area contributed by atoms with Crippen LogP contribution in [-0.2, 0) is 6.42 Å². The molecule has 0 saturated heterocycles. The number of hydrogen-bond acceptors (Lipinski definition) is 3. The summed E-state index contributed by atoms with van der Waals surface area (Å²) in [6, 6.07) is 17.9. The minimum absolute atomic E-state index is 0.0773. The maximum atomic E-state index is 12.6. The number of nitrogens with one attached hydrogen (secondary N) is 1. The lowest BCUT2D eigenvalue weighted by Gasteiger charge is -2.17. The molecule has 0 heterocycles. The van der Waals surface area contributed by atoms with Crippen LogP contribution < -0.4 is 5.32 Å². The molecule has 4 nitrogen and oxygen atoms in total. The van der Waals surface area contributed by atoms with Crippen LogP contribution in [0, 0.1) is 0 Å². The van der Waals surface area contributed by atoms with Gasteiger partial charge in [0.1, 0.15) is 5.75 Å². The minimum atomic E-state index is -0.709. The van der Waals surface area contributed by atoms with Gasteiger partial charge < -0.3 is 15.5 Å². The van der Waals surface area contributed by atoms with E-state index in [4.69, 9.17) is 0 Å². The van der Waals surface area contributed by atoms with Crippen LogP contribution in [0.5, 0.6) is 5.75 Å². The molecule has 0 fully saturated rings. The summed E-state index contributed by atoms with van der Waals surface area (Å²) in [5, 5.41) is 24.9. The van der Waals surface area contributed by atoms with Crippen molar-refractivity contribution in [2.45, 2.75) is 18.6 Å². The summed E-state index contributed by atoms with van der Waals surface area (Å²) in [6.45, 7) is 0. The van der Waals surface area contributed by atoms with E-state index in [0.717, 1.165) is 16.5 Å². The molecule has 1 amide bonds. The second-order valence-corrected chi connectivity index (χ2v) is 6.14. The molecular formula is C20H17NO3. The number of aliphatic hydroxyl groups excluding tert-OH is 1. The van der Waals surface area contributed by atoms with Gasteiger partial charge in [0.2, 0.25) is 0 Å². The number of aromatic hydroxyl groups is 1. The third-order valence-corrected chi connectivity index (χ3v) is 4.61. The Hall–Kier alpha value is -2.85. The molecule has 0 radical (unpaired) electrons. The van der Waals surface area contributed by atoms with E-state index >= 15 is 0 Å². The van der Waals surface area contributed by atoms with E-state index < -0.39 is 6.10 Å². The molecule has 0 aliphatic heterocycles. The Morgan fingerprint density at radius 1 is 1.04 bits per heavy atom. The molecule has 120 valence electrons. The minimum Gasteiger partial charge on any atom is -0.507 e. The van der Waals surface area contributed by atoms with Gasteiger partial charge in [0.25, 0.3) is 5.91 Å². The van der Waals surface area contributed by atoms with Crippen molar-refractivity contribution in [2.24, 2.45) is 0 Å². The number of carbonyl (C=O) groups is 1. The maximum Gasteiger partial charge on any atom is 0.251 e. The Balaban J connectivity index is 1.59. The molecule has 1 aliphatic carbocycles. The standard InChI is InChI=1S/C20H17NO3/c22-18-11-14(9-12-5-1-3-7-15(12)18)20(24)21-17-10-13-6-2-4-8-16(13)19(17)23/h1-9,11,17,19,22-23H,10H2,(H,21,24)/t17-,19+/m1/s1. The van der Waals surface area contributed by atoms with Gasteiger partial charge >= 0.3 is 0 Å². The van der Waals surface area contributed by atoms with Crippen molar-refractivity contribution in [1.29, 1.82) is 0 Å². The fraction of sp³-hybridized carbons (Fsp3) is 0.150. The number of carbonyl (C=O) groups excluding carboxylic acids is 1. The summed E-state index contributed by atoms with van der Waals surface area (Å²) in [4.78, 5) is 12.6. The van der Waals surface area contributed by atoms with E-state index in [1.807, 2.05) is 48.5 Å². The second-order valence-electron chi connectivity index (χ2n) is 6.14. The molecule has 0 saturated carbocycles. The Morgan fingerprint density at radius 2 is 1.79 bits per heavy atom. The fourth-order valence-corrected chi connectivity index (χ4v) is 3.38. The zero-order valence-electron chi connectivity index (χ0n) is 12.9. The highest BCUT2D eigenvalue weighted by molar-refractivity contribution is 6.00. The van der Waals surface area contributed by atoms with Crippen molar-refractivity contribution in [2.75, 3.05) is 0 Å². The van der Waals surface area contributed by atoms with E-state index in [9.17, 15) is 15.0 Å². The first-order chi connectivity index (χ1) is 11.6. The molecule has 0 unspecified atom stereocenters. The Morgan fingerprint density at radius 3 is 2.62 bits per heavy atom. The van der Waals surface area contributed by atoms with Crippen molar-refractivity contribution >= 4 is 16.7 Å². The molecule has 3 N–H and O–H groups in total. The van der Waals surface area contributed by atoms with Crippen LogP contribution in [0.1, 0.15) is 27.6 Å². The van der Waals surface area contributed by atoms with Crippen molar-refractivity contribution in [3.63, 3.8) is 0 Å². The largest absolute Gasteiger partial charge is 0.507 e. The molecule has 0 spiro atoms. The predicted octanol–water partition coefficient (Wildman–Crippen LogP) is 2.93. The summed E-state index contributed by atoms with van der Waals surface area (Å²) < 4.78 is 0. The number of benzene rings is 3. The van der Waals surface area contributed by atoms with Crippen LogP contribution in [0.15, 0.2) is 60.7 Å². The second kappa shape index (κ2) is 5.65. The highest BCUT2D eigenvalue weighted by Gasteiger charge is 2.31. The molecule has 3 aromatic carbocycles. The SMILES string of the molecule is O=C(N[C@@H]1Cc2ccccc2[C@@H]1O)c1cc(O)c2ccccc2c1. The van der Waals surface area contributed by atoms with Gasteiger partial charge in [-0.2, -0.15) is 0 Å². The summed E-state index contributed by atoms with van der Waals surface area (Å²) in [6.07, 6.45) is -0.109. The molecule has 2 atom stereocenters. The van der Waals surface area contributed by atoms with Crippen LogP contribution in [0.25, 0.3) is 10.8 Å². The number of phenolic OH excluding ortho intramolecular Hbond substituents is 1. The molecule has 0 bridgehead atoms. The van der Waals surface area contributed by atoms with Crippen LogP contribution in [0.2, 0.25) is 0 Å². The lowest BCUT2D eigenvalue weighted by Crippen LogP contribution is -2.37. The van der Waals surface area contributed by atoms with Crippen molar-refractivity contribution in [3.05, 3.63) is 77.4 Å². The predicted molar refractivity (Wildman–Crippen MR) is 92.0 cm³/mol. The van der Waals surface area contributed by atoms with Gasteiger partial charge in [0.15, 0.2) is 0 Å². The van der Waals surface area contributed by atoms with Crippen molar-refractivity contribution < 1.29 is 15.0 Å². The number of aliphatic hydroxyl groups is 1. The van der Waals surface area contributed by atoms with Crippen LogP contribution in [0.3, 0.4) is 0 Å².